The molecule has 0 saturated carbocycles. The van der Waals surface area contributed by atoms with Crippen molar-refractivity contribution in [1.82, 2.24) is 15.3 Å². The number of β-amino-alcohol motifs (C(OH)–C–C–N with tert-alkyl or cyclic N) is 1. The molecule has 1 atom stereocenters. The van der Waals surface area contributed by atoms with E-state index in [0.717, 1.165) is 64.2 Å². The fourth-order valence-electron chi connectivity index (χ4n) is 4.18. The zero-order valence-corrected chi connectivity index (χ0v) is 15.6. The van der Waals surface area contributed by atoms with Crippen LogP contribution in [-0.4, -0.2) is 78.2 Å². The third kappa shape index (κ3) is 3.79. The molecule has 3 fully saturated rings. The van der Waals surface area contributed by atoms with Crippen LogP contribution in [-0.2, 0) is 11.2 Å². The SMILES string of the molecule is O=C(O)Cc1c(N2CCCC2)nc(N2CCCC2)nc1N1CCNCC1O. The van der Waals surface area contributed by atoms with Gasteiger partial charge < -0.3 is 30.2 Å². The summed E-state index contributed by atoms with van der Waals surface area (Å²) in [5, 5.41) is 23.2. The number of rotatable bonds is 5. The molecule has 1 unspecified atom stereocenters. The van der Waals surface area contributed by atoms with E-state index in [9.17, 15) is 15.0 Å². The Hall–Kier alpha value is -2.13. The fraction of sp³-hybridized carbons (Fsp3) is 0.722. The lowest BCUT2D eigenvalue weighted by molar-refractivity contribution is -0.136. The first-order valence-electron chi connectivity index (χ1n) is 9.91. The first kappa shape index (κ1) is 18.2. The summed E-state index contributed by atoms with van der Waals surface area (Å²) < 4.78 is 0. The highest BCUT2D eigenvalue weighted by Gasteiger charge is 2.31. The predicted molar refractivity (Wildman–Crippen MR) is 102 cm³/mol. The average molecular weight is 376 g/mol. The summed E-state index contributed by atoms with van der Waals surface area (Å²) in [5.74, 6) is 1.06. The summed E-state index contributed by atoms with van der Waals surface area (Å²) in [6.45, 7) is 5.35. The molecule has 0 amide bonds. The Kier molecular flexibility index (Phi) is 5.31. The summed E-state index contributed by atoms with van der Waals surface area (Å²) in [6, 6.07) is 0. The first-order chi connectivity index (χ1) is 13.1. The summed E-state index contributed by atoms with van der Waals surface area (Å²) in [5.41, 5.74) is 0.619. The monoisotopic (exact) mass is 376 g/mol. The molecule has 4 rings (SSSR count). The molecule has 3 saturated heterocycles. The highest BCUT2D eigenvalue weighted by molar-refractivity contribution is 5.77. The first-order valence-corrected chi connectivity index (χ1v) is 9.91. The number of aliphatic hydroxyl groups is 1. The van der Waals surface area contributed by atoms with Gasteiger partial charge in [0.2, 0.25) is 5.95 Å². The van der Waals surface area contributed by atoms with Gasteiger partial charge in [-0.15, -0.1) is 0 Å². The van der Waals surface area contributed by atoms with Gasteiger partial charge >= 0.3 is 5.97 Å². The van der Waals surface area contributed by atoms with Crippen molar-refractivity contribution in [1.29, 1.82) is 0 Å². The van der Waals surface area contributed by atoms with Gasteiger partial charge in [0.15, 0.2) is 0 Å². The van der Waals surface area contributed by atoms with E-state index in [1.54, 1.807) is 0 Å². The van der Waals surface area contributed by atoms with E-state index in [1.807, 2.05) is 4.90 Å². The maximum Gasteiger partial charge on any atom is 0.308 e. The largest absolute Gasteiger partial charge is 0.481 e. The van der Waals surface area contributed by atoms with Crippen molar-refractivity contribution in [2.75, 3.05) is 60.5 Å². The minimum absolute atomic E-state index is 0.141. The lowest BCUT2D eigenvalue weighted by Gasteiger charge is -2.36. The van der Waals surface area contributed by atoms with Crippen LogP contribution in [0.2, 0.25) is 0 Å². The van der Waals surface area contributed by atoms with Crippen LogP contribution in [0, 0.1) is 0 Å². The highest BCUT2D eigenvalue weighted by atomic mass is 16.4. The smallest absolute Gasteiger partial charge is 0.308 e. The third-order valence-electron chi connectivity index (χ3n) is 5.56. The molecule has 1 aromatic heterocycles. The van der Waals surface area contributed by atoms with Crippen LogP contribution in [0.4, 0.5) is 17.6 Å². The van der Waals surface area contributed by atoms with E-state index in [2.05, 4.69) is 15.1 Å². The van der Waals surface area contributed by atoms with Crippen LogP contribution in [0.3, 0.4) is 0 Å². The maximum absolute atomic E-state index is 11.6. The molecule has 0 radical (unpaired) electrons. The van der Waals surface area contributed by atoms with Crippen molar-refractivity contribution in [3.63, 3.8) is 0 Å². The molecule has 9 heteroatoms. The standard InChI is InChI=1S/C18H28N6O3/c25-14-12-19-5-10-24(14)17-13(11-15(26)27)16(22-6-1-2-7-22)20-18(21-17)23-8-3-4-9-23/h14,19,25H,1-12H2,(H,26,27). The van der Waals surface area contributed by atoms with E-state index in [-0.39, 0.29) is 6.42 Å². The van der Waals surface area contributed by atoms with Crippen LogP contribution in [0.1, 0.15) is 31.2 Å². The fourth-order valence-corrected chi connectivity index (χ4v) is 4.18. The number of aromatic nitrogens is 2. The Balaban J connectivity index is 1.82. The van der Waals surface area contributed by atoms with Crippen LogP contribution >= 0.6 is 0 Å². The van der Waals surface area contributed by atoms with Gasteiger partial charge in [0.05, 0.1) is 6.42 Å². The zero-order chi connectivity index (χ0) is 18.8. The molecule has 0 spiro atoms. The second kappa shape index (κ2) is 7.85. The summed E-state index contributed by atoms with van der Waals surface area (Å²) >= 11 is 0. The second-order valence-corrected chi connectivity index (χ2v) is 7.49. The van der Waals surface area contributed by atoms with Gasteiger partial charge in [0, 0.05) is 51.4 Å². The Bertz CT molecular complexity index is 688. The lowest BCUT2D eigenvalue weighted by atomic mass is 10.1. The Morgan fingerprint density at radius 3 is 2.26 bits per heavy atom. The zero-order valence-electron chi connectivity index (χ0n) is 15.6. The normalized spacial score (nSPS) is 23.3. The quantitative estimate of drug-likeness (QED) is 0.656. The number of aliphatic hydroxyl groups excluding tert-OH is 1. The van der Waals surface area contributed by atoms with Gasteiger partial charge in [0.1, 0.15) is 17.9 Å². The number of nitrogens with zero attached hydrogens (tertiary/aromatic N) is 5. The van der Waals surface area contributed by atoms with Crippen LogP contribution in [0.15, 0.2) is 0 Å². The topological polar surface area (TPSA) is 105 Å². The third-order valence-corrected chi connectivity index (χ3v) is 5.56. The van der Waals surface area contributed by atoms with Gasteiger partial charge in [-0.2, -0.15) is 9.97 Å². The number of nitrogens with one attached hydrogen (secondary N) is 1. The molecular weight excluding hydrogens is 348 g/mol. The minimum Gasteiger partial charge on any atom is -0.481 e. The molecule has 9 nitrogen and oxygen atoms in total. The molecule has 4 heterocycles. The summed E-state index contributed by atoms with van der Waals surface area (Å²) in [4.78, 5) is 27.4. The number of hydrogen-bond donors (Lipinski definition) is 3. The summed E-state index contributed by atoms with van der Waals surface area (Å²) in [6.07, 6.45) is 3.54. The molecular formula is C18H28N6O3. The van der Waals surface area contributed by atoms with Gasteiger partial charge in [-0.1, -0.05) is 0 Å². The van der Waals surface area contributed by atoms with Crippen molar-refractivity contribution >= 4 is 23.6 Å². The van der Waals surface area contributed by atoms with Crippen LogP contribution in [0.5, 0.6) is 0 Å². The van der Waals surface area contributed by atoms with E-state index in [4.69, 9.17) is 9.97 Å². The summed E-state index contributed by atoms with van der Waals surface area (Å²) in [7, 11) is 0. The number of piperazine rings is 1. The molecule has 27 heavy (non-hydrogen) atoms. The van der Waals surface area contributed by atoms with Gasteiger partial charge in [-0.05, 0) is 25.7 Å². The van der Waals surface area contributed by atoms with Gasteiger partial charge in [-0.3, -0.25) is 4.79 Å². The number of carboxylic acids is 1. The van der Waals surface area contributed by atoms with Crippen molar-refractivity contribution < 1.29 is 15.0 Å². The van der Waals surface area contributed by atoms with Crippen molar-refractivity contribution in [2.24, 2.45) is 0 Å². The molecule has 3 aliphatic heterocycles. The number of aliphatic carboxylic acids is 1. The van der Waals surface area contributed by atoms with Crippen molar-refractivity contribution in [3.05, 3.63) is 5.56 Å². The maximum atomic E-state index is 11.6. The van der Waals surface area contributed by atoms with Crippen molar-refractivity contribution in [3.8, 4) is 0 Å². The van der Waals surface area contributed by atoms with E-state index in [0.29, 0.717) is 30.4 Å². The second-order valence-electron chi connectivity index (χ2n) is 7.49. The van der Waals surface area contributed by atoms with E-state index in [1.165, 1.54) is 0 Å². The van der Waals surface area contributed by atoms with E-state index >= 15 is 0 Å². The van der Waals surface area contributed by atoms with E-state index < -0.39 is 12.2 Å². The molecule has 0 aromatic carbocycles. The molecule has 1 aromatic rings. The van der Waals surface area contributed by atoms with Crippen LogP contribution in [0.25, 0.3) is 0 Å². The molecule has 0 bridgehead atoms. The lowest BCUT2D eigenvalue weighted by Crippen LogP contribution is -2.52. The Morgan fingerprint density at radius 1 is 1.00 bits per heavy atom. The molecule has 3 aliphatic rings. The van der Waals surface area contributed by atoms with Gasteiger partial charge in [0.25, 0.3) is 0 Å². The molecule has 3 N–H and O–H groups in total. The molecule has 148 valence electrons. The average Bonchev–Trinajstić information content (AvgIpc) is 3.36. The number of carbonyl (C=O) groups is 1. The number of carboxylic acid groups (broad SMARTS) is 1. The van der Waals surface area contributed by atoms with Crippen molar-refractivity contribution in [2.45, 2.75) is 38.3 Å². The Labute approximate surface area is 159 Å². The Morgan fingerprint density at radius 2 is 1.63 bits per heavy atom. The van der Waals surface area contributed by atoms with Crippen LogP contribution < -0.4 is 20.0 Å². The van der Waals surface area contributed by atoms with Gasteiger partial charge in [-0.25, -0.2) is 0 Å². The number of anilines is 3. The predicted octanol–water partition coefficient (Wildman–Crippen LogP) is 0.0321. The number of hydrogen-bond acceptors (Lipinski definition) is 8. The molecule has 0 aliphatic carbocycles. The highest BCUT2D eigenvalue weighted by Crippen LogP contribution is 2.34. The minimum atomic E-state index is -0.904.